The molecule has 0 aliphatic carbocycles. The second-order valence-corrected chi connectivity index (χ2v) is 6.98. The molecule has 2 saturated heterocycles. The molecule has 26 heavy (non-hydrogen) atoms. The molecule has 2 N–H and O–H groups in total. The van der Waals surface area contributed by atoms with Crippen LogP contribution in [0.3, 0.4) is 0 Å². The average Bonchev–Trinajstić information content (AvgIpc) is 3.29. The Morgan fingerprint density at radius 1 is 1.38 bits per heavy atom. The zero-order valence-corrected chi connectivity index (χ0v) is 14.9. The Labute approximate surface area is 156 Å². The van der Waals surface area contributed by atoms with Gasteiger partial charge in [0.25, 0.3) is 0 Å². The van der Waals surface area contributed by atoms with Crippen molar-refractivity contribution in [1.82, 2.24) is 10.2 Å². The molecule has 1 amide bonds. The first-order valence-corrected chi connectivity index (χ1v) is 8.99. The fraction of sp³-hybridized carbons (Fsp3) is 0.500. The van der Waals surface area contributed by atoms with Crippen LogP contribution in [0.25, 0.3) is 0 Å². The number of amides is 1. The number of nitriles is 1. The van der Waals surface area contributed by atoms with Gasteiger partial charge in [0.15, 0.2) is 0 Å². The van der Waals surface area contributed by atoms with Crippen molar-refractivity contribution in [2.24, 2.45) is 0 Å². The molecule has 2 fully saturated rings. The van der Waals surface area contributed by atoms with Gasteiger partial charge in [-0.25, -0.2) is 4.79 Å². The number of ether oxygens (including phenoxy) is 1. The second-order valence-electron chi connectivity index (χ2n) is 6.57. The Balaban J connectivity index is 1.55. The molecule has 0 aromatic heterocycles. The van der Waals surface area contributed by atoms with E-state index in [1.165, 1.54) is 18.2 Å². The van der Waals surface area contributed by atoms with Crippen LogP contribution in [0.1, 0.15) is 36.0 Å². The zero-order valence-electron chi connectivity index (χ0n) is 14.2. The Morgan fingerprint density at radius 3 is 2.92 bits per heavy atom. The van der Waals surface area contributed by atoms with Gasteiger partial charge in [0.2, 0.25) is 5.91 Å². The summed E-state index contributed by atoms with van der Waals surface area (Å²) in [6.07, 6.45) is 3.05. The second kappa shape index (κ2) is 7.94. The van der Waals surface area contributed by atoms with Crippen LogP contribution in [-0.4, -0.2) is 53.2 Å². The molecule has 3 atom stereocenters. The van der Waals surface area contributed by atoms with Crippen LogP contribution >= 0.6 is 11.6 Å². The number of aromatic carboxylic acids is 1. The summed E-state index contributed by atoms with van der Waals surface area (Å²) in [6.45, 7) is 0.919. The molecule has 0 unspecified atom stereocenters. The highest BCUT2D eigenvalue weighted by molar-refractivity contribution is 6.32. The summed E-state index contributed by atoms with van der Waals surface area (Å²) < 4.78 is 5.67. The molecule has 0 bridgehead atoms. The predicted molar refractivity (Wildman–Crippen MR) is 94.2 cm³/mol. The number of benzene rings is 1. The normalized spacial score (nSPS) is 25.1. The van der Waals surface area contributed by atoms with E-state index in [1.807, 2.05) is 0 Å². The van der Waals surface area contributed by atoms with E-state index >= 15 is 0 Å². The number of hydrogen-bond acceptors (Lipinski definition) is 5. The lowest BCUT2D eigenvalue weighted by atomic mass is 10.1. The molecule has 2 heterocycles. The van der Waals surface area contributed by atoms with E-state index in [0.717, 1.165) is 19.3 Å². The maximum Gasteiger partial charge on any atom is 0.335 e. The van der Waals surface area contributed by atoms with Crippen molar-refractivity contribution >= 4 is 23.5 Å². The number of rotatable bonds is 5. The first-order chi connectivity index (χ1) is 12.5. The van der Waals surface area contributed by atoms with Gasteiger partial charge in [0, 0.05) is 12.6 Å². The van der Waals surface area contributed by atoms with E-state index in [4.69, 9.17) is 26.7 Å². The number of carbonyl (C=O) groups is 2. The van der Waals surface area contributed by atoms with Crippen molar-refractivity contribution in [3.05, 3.63) is 28.8 Å². The molecule has 1 aromatic rings. The SMILES string of the molecule is N#C[C@@H]1CCCN1C(=O)[C@H]1CC[C@H](COc2cc(C(=O)O)ccc2Cl)N1. The first kappa shape index (κ1) is 18.5. The minimum Gasteiger partial charge on any atom is -0.490 e. The highest BCUT2D eigenvalue weighted by Gasteiger charge is 2.37. The number of halogens is 1. The van der Waals surface area contributed by atoms with Gasteiger partial charge in [0.1, 0.15) is 18.4 Å². The zero-order chi connectivity index (χ0) is 18.7. The van der Waals surface area contributed by atoms with Crippen LogP contribution in [0.4, 0.5) is 0 Å². The van der Waals surface area contributed by atoms with Crippen molar-refractivity contribution in [3.8, 4) is 11.8 Å². The molecular weight excluding hydrogens is 358 g/mol. The van der Waals surface area contributed by atoms with Crippen LogP contribution in [0.2, 0.25) is 5.02 Å². The van der Waals surface area contributed by atoms with E-state index in [2.05, 4.69) is 11.4 Å². The molecule has 2 aliphatic heterocycles. The van der Waals surface area contributed by atoms with Crippen molar-refractivity contribution < 1.29 is 19.4 Å². The molecule has 0 saturated carbocycles. The standard InChI is InChI=1S/C18H20ClN3O4/c19-14-5-3-11(18(24)25)8-16(14)26-10-12-4-6-15(21-12)17(23)22-7-1-2-13(22)9-20/h3,5,8,12-13,15,21H,1-2,4,6-7,10H2,(H,24,25)/t12-,13+,15-/m1/s1. The van der Waals surface area contributed by atoms with Gasteiger partial charge < -0.3 is 14.7 Å². The number of carbonyl (C=O) groups excluding carboxylic acids is 1. The van der Waals surface area contributed by atoms with Crippen molar-refractivity contribution in [2.45, 2.75) is 43.8 Å². The Hall–Kier alpha value is -2.30. The molecular formula is C18H20ClN3O4. The highest BCUT2D eigenvalue weighted by atomic mass is 35.5. The number of carboxylic acid groups (broad SMARTS) is 1. The van der Waals surface area contributed by atoms with Crippen molar-refractivity contribution in [2.75, 3.05) is 13.2 Å². The maximum absolute atomic E-state index is 12.6. The van der Waals surface area contributed by atoms with Crippen molar-refractivity contribution in [1.29, 1.82) is 5.26 Å². The van der Waals surface area contributed by atoms with Crippen LogP contribution in [-0.2, 0) is 4.79 Å². The van der Waals surface area contributed by atoms with Crippen LogP contribution < -0.4 is 10.1 Å². The van der Waals surface area contributed by atoms with E-state index in [9.17, 15) is 9.59 Å². The largest absolute Gasteiger partial charge is 0.490 e. The van der Waals surface area contributed by atoms with Gasteiger partial charge in [-0.05, 0) is 43.9 Å². The predicted octanol–water partition coefficient (Wildman–Crippen LogP) is 2.05. The van der Waals surface area contributed by atoms with Gasteiger partial charge in [-0.15, -0.1) is 0 Å². The Morgan fingerprint density at radius 2 is 2.19 bits per heavy atom. The number of carboxylic acids is 1. The van der Waals surface area contributed by atoms with Gasteiger partial charge >= 0.3 is 5.97 Å². The Kier molecular flexibility index (Phi) is 5.64. The summed E-state index contributed by atoms with van der Waals surface area (Å²) in [5.74, 6) is -0.761. The van der Waals surface area contributed by atoms with E-state index in [0.29, 0.717) is 23.7 Å². The van der Waals surface area contributed by atoms with Gasteiger partial charge in [0.05, 0.1) is 22.7 Å². The molecule has 3 rings (SSSR count). The van der Waals surface area contributed by atoms with Crippen molar-refractivity contribution in [3.63, 3.8) is 0 Å². The summed E-state index contributed by atoms with van der Waals surface area (Å²) >= 11 is 6.05. The molecule has 2 aliphatic rings. The number of nitrogens with zero attached hydrogens (tertiary/aromatic N) is 2. The molecule has 0 spiro atoms. The summed E-state index contributed by atoms with van der Waals surface area (Å²) in [5.41, 5.74) is 0.105. The average molecular weight is 378 g/mol. The van der Waals surface area contributed by atoms with E-state index in [-0.39, 0.29) is 36.2 Å². The smallest absolute Gasteiger partial charge is 0.335 e. The monoisotopic (exact) mass is 377 g/mol. The lowest BCUT2D eigenvalue weighted by Crippen LogP contribution is -2.47. The third-order valence-corrected chi connectivity index (χ3v) is 5.15. The number of hydrogen-bond donors (Lipinski definition) is 2. The lowest BCUT2D eigenvalue weighted by Gasteiger charge is -2.24. The maximum atomic E-state index is 12.6. The first-order valence-electron chi connectivity index (χ1n) is 8.61. The molecule has 7 nitrogen and oxygen atoms in total. The fourth-order valence-corrected chi connectivity index (χ4v) is 3.62. The third-order valence-electron chi connectivity index (χ3n) is 4.84. The quantitative estimate of drug-likeness (QED) is 0.814. The van der Waals surface area contributed by atoms with E-state index < -0.39 is 5.97 Å². The topological polar surface area (TPSA) is 103 Å². The Bertz CT molecular complexity index is 748. The summed E-state index contributed by atoms with van der Waals surface area (Å²) in [6, 6.07) is 5.83. The number of likely N-dealkylation sites (tertiary alicyclic amines) is 1. The third kappa shape index (κ3) is 3.92. The summed E-state index contributed by atoms with van der Waals surface area (Å²) in [4.78, 5) is 25.3. The fourth-order valence-electron chi connectivity index (χ4n) is 3.45. The highest BCUT2D eigenvalue weighted by Crippen LogP contribution is 2.27. The minimum atomic E-state index is -1.05. The number of nitrogens with one attached hydrogen (secondary N) is 1. The molecule has 8 heteroatoms. The van der Waals surface area contributed by atoms with Gasteiger partial charge in [-0.3, -0.25) is 10.1 Å². The van der Waals surface area contributed by atoms with Crippen LogP contribution in [0.15, 0.2) is 18.2 Å². The van der Waals surface area contributed by atoms with Crippen LogP contribution in [0, 0.1) is 11.3 Å². The lowest BCUT2D eigenvalue weighted by molar-refractivity contribution is -0.133. The molecule has 1 aromatic carbocycles. The summed E-state index contributed by atoms with van der Waals surface area (Å²) in [5, 5.41) is 21.8. The van der Waals surface area contributed by atoms with Crippen LogP contribution in [0.5, 0.6) is 5.75 Å². The minimum absolute atomic E-state index is 0.0255. The van der Waals surface area contributed by atoms with Gasteiger partial charge in [-0.2, -0.15) is 5.26 Å². The van der Waals surface area contributed by atoms with E-state index in [1.54, 1.807) is 4.90 Å². The summed E-state index contributed by atoms with van der Waals surface area (Å²) in [7, 11) is 0. The molecule has 0 radical (unpaired) electrons. The van der Waals surface area contributed by atoms with Gasteiger partial charge in [-0.1, -0.05) is 11.6 Å². The molecule has 138 valence electrons.